The molecule has 1 N–H and O–H groups in total. The van der Waals surface area contributed by atoms with Gasteiger partial charge in [0, 0.05) is 18.0 Å². The van der Waals surface area contributed by atoms with Gasteiger partial charge in [-0.3, -0.25) is 4.79 Å². The molecule has 0 spiro atoms. The lowest BCUT2D eigenvalue weighted by atomic mass is 10.2. The van der Waals surface area contributed by atoms with Crippen molar-refractivity contribution in [1.29, 1.82) is 0 Å². The van der Waals surface area contributed by atoms with Crippen molar-refractivity contribution in [1.82, 2.24) is 14.7 Å². The highest BCUT2D eigenvalue weighted by molar-refractivity contribution is 5.94. The van der Waals surface area contributed by atoms with Gasteiger partial charge >= 0.3 is 0 Å². The fraction of sp³-hybridized carbons (Fsp3) is 0.263. The van der Waals surface area contributed by atoms with Crippen LogP contribution in [0.25, 0.3) is 5.65 Å². The third-order valence-corrected chi connectivity index (χ3v) is 3.65. The van der Waals surface area contributed by atoms with Crippen molar-refractivity contribution in [3.63, 3.8) is 0 Å². The number of aryl methyl sites for hydroxylation is 1. The summed E-state index contributed by atoms with van der Waals surface area (Å²) in [6, 6.07) is 11.1. The third kappa shape index (κ3) is 3.56. The van der Waals surface area contributed by atoms with Gasteiger partial charge in [0.1, 0.15) is 11.4 Å². The highest BCUT2D eigenvalue weighted by Crippen LogP contribution is 2.14. The van der Waals surface area contributed by atoms with Crippen LogP contribution in [0.2, 0.25) is 0 Å². The normalized spacial score (nSPS) is 11.0. The largest absolute Gasteiger partial charge is 0.491 e. The first-order valence-electron chi connectivity index (χ1n) is 8.01. The second-order valence-corrected chi connectivity index (χ2v) is 6.03. The molecular weight excluding hydrogens is 302 g/mol. The van der Waals surface area contributed by atoms with Crippen molar-refractivity contribution < 1.29 is 9.53 Å². The number of nitrogens with zero attached hydrogens (tertiary/aromatic N) is 2. The molecule has 0 atom stereocenters. The average Bonchev–Trinajstić information content (AvgIpc) is 2.97. The van der Waals surface area contributed by atoms with E-state index in [1.165, 1.54) is 0 Å². The van der Waals surface area contributed by atoms with E-state index in [0.717, 1.165) is 22.7 Å². The zero-order valence-corrected chi connectivity index (χ0v) is 14.1. The Labute approximate surface area is 141 Å². The lowest BCUT2D eigenvalue weighted by Crippen LogP contribution is -2.22. The minimum atomic E-state index is -0.125. The van der Waals surface area contributed by atoms with Crippen molar-refractivity contribution in [2.75, 3.05) is 0 Å². The average molecular weight is 323 g/mol. The van der Waals surface area contributed by atoms with Crippen LogP contribution in [0.1, 0.15) is 35.5 Å². The Kier molecular flexibility index (Phi) is 4.51. The minimum absolute atomic E-state index is 0.114. The van der Waals surface area contributed by atoms with Crippen LogP contribution in [-0.4, -0.2) is 21.4 Å². The number of aromatic nitrogens is 2. The summed E-state index contributed by atoms with van der Waals surface area (Å²) in [7, 11) is 0. The number of hydrogen-bond acceptors (Lipinski definition) is 3. The molecule has 124 valence electrons. The van der Waals surface area contributed by atoms with Crippen LogP contribution in [0.4, 0.5) is 0 Å². The molecule has 1 amide bonds. The van der Waals surface area contributed by atoms with Gasteiger partial charge in [0.05, 0.1) is 18.3 Å². The Bertz CT molecular complexity index is 851. The topological polar surface area (TPSA) is 55.6 Å². The van der Waals surface area contributed by atoms with Gasteiger partial charge in [0.15, 0.2) is 0 Å². The maximum atomic E-state index is 12.2. The molecule has 0 unspecified atom stereocenters. The van der Waals surface area contributed by atoms with Gasteiger partial charge in [-0.05, 0) is 56.7 Å². The Hall–Kier alpha value is -2.82. The van der Waals surface area contributed by atoms with Crippen LogP contribution < -0.4 is 10.1 Å². The van der Waals surface area contributed by atoms with Crippen LogP contribution in [0, 0.1) is 6.92 Å². The summed E-state index contributed by atoms with van der Waals surface area (Å²) in [5.41, 5.74) is 3.45. The van der Waals surface area contributed by atoms with E-state index in [0.29, 0.717) is 12.1 Å². The summed E-state index contributed by atoms with van der Waals surface area (Å²) in [5, 5.41) is 2.90. The number of nitrogens with one attached hydrogen (secondary N) is 1. The predicted molar refractivity (Wildman–Crippen MR) is 93.3 cm³/mol. The molecule has 3 aromatic rings. The molecular formula is C19H21N3O2. The smallest absolute Gasteiger partial charge is 0.251 e. The van der Waals surface area contributed by atoms with Crippen LogP contribution in [0.3, 0.4) is 0 Å². The second kappa shape index (κ2) is 6.74. The molecule has 2 aromatic heterocycles. The summed E-state index contributed by atoms with van der Waals surface area (Å²) < 4.78 is 7.55. The molecule has 0 saturated carbocycles. The van der Waals surface area contributed by atoms with Gasteiger partial charge in [0.2, 0.25) is 0 Å². The zero-order valence-electron chi connectivity index (χ0n) is 14.1. The van der Waals surface area contributed by atoms with E-state index >= 15 is 0 Å². The monoisotopic (exact) mass is 323 g/mol. The van der Waals surface area contributed by atoms with E-state index in [-0.39, 0.29) is 12.0 Å². The van der Waals surface area contributed by atoms with Crippen molar-refractivity contribution in [3.8, 4) is 5.75 Å². The highest BCUT2D eigenvalue weighted by atomic mass is 16.5. The first-order valence-corrected chi connectivity index (χ1v) is 8.01. The van der Waals surface area contributed by atoms with Gasteiger partial charge in [0.25, 0.3) is 5.91 Å². The first kappa shape index (κ1) is 16.1. The summed E-state index contributed by atoms with van der Waals surface area (Å²) in [4.78, 5) is 16.8. The molecule has 0 bridgehead atoms. The molecule has 5 heteroatoms. The third-order valence-electron chi connectivity index (χ3n) is 3.65. The fourth-order valence-corrected chi connectivity index (χ4v) is 2.52. The molecule has 0 aliphatic carbocycles. The Morgan fingerprint density at radius 3 is 2.67 bits per heavy atom. The van der Waals surface area contributed by atoms with E-state index < -0.39 is 0 Å². The molecule has 3 rings (SSSR count). The van der Waals surface area contributed by atoms with Crippen LogP contribution in [-0.2, 0) is 6.54 Å². The molecule has 5 nitrogen and oxygen atoms in total. The maximum absolute atomic E-state index is 12.2. The number of carbonyl (C=O) groups is 1. The zero-order chi connectivity index (χ0) is 17.1. The number of rotatable bonds is 5. The fourth-order valence-electron chi connectivity index (χ4n) is 2.52. The highest BCUT2D eigenvalue weighted by Gasteiger charge is 2.08. The van der Waals surface area contributed by atoms with Crippen molar-refractivity contribution in [2.24, 2.45) is 0 Å². The lowest BCUT2D eigenvalue weighted by molar-refractivity contribution is 0.0950. The number of pyridine rings is 1. The van der Waals surface area contributed by atoms with Crippen molar-refractivity contribution in [2.45, 2.75) is 33.4 Å². The predicted octanol–water partition coefficient (Wildman–Crippen LogP) is 3.36. The number of fused-ring (bicyclic) bond motifs is 1. The van der Waals surface area contributed by atoms with E-state index in [9.17, 15) is 4.79 Å². The summed E-state index contributed by atoms with van der Waals surface area (Å²) in [6.07, 6.45) is 4.00. The SMILES string of the molecule is Cc1cccn2cc(CNC(=O)c3ccc(OC(C)C)cc3)nc12. The number of benzene rings is 1. The van der Waals surface area contributed by atoms with E-state index in [1.54, 1.807) is 12.1 Å². The van der Waals surface area contributed by atoms with E-state index in [4.69, 9.17) is 4.74 Å². The molecule has 0 radical (unpaired) electrons. The first-order chi connectivity index (χ1) is 11.5. The molecule has 0 aliphatic heterocycles. The van der Waals surface area contributed by atoms with E-state index in [2.05, 4.69) is 10.3 Å². The molecule has 0 aliphatic rings. The van der Waals surface area contributed by atoms with Gasteiger partial charge in [-0.1, -0.05) is 6.07 Å². The lowest BCUT2D eigenvalue weighted by Gasteiger charge is -2.10. The molecule has 24 heavy (non-hydrogen) atoms. The summed E-state index contributed by atoms with van der Waals surface area (Å²) >= 11 is 0. The maximum Gasteiger partial charge on any atom is 0.251 e. The van der Waals surface area contributed by atoms with Crippen molar-refractivity contribution >= 4 is 11.6 Å². The number of imidazole rings is 1. The van der Waals surface area contributed by atoms with E-state index in [1.807, 2.05) is 61.8 Å². The molecule has 0 fully saturated rings. The standard InChI is InChI=1S/C19H21N3O2/c1-13(2)24-17-8-6-15(7-9-17)19(23)20-11-16-12-22-10-4-5-14(3)18(22)21-16/h4-10,12-13H,11H2,1-3H3,(H,20,23). The number of ether oxygens (including phenoxy) is 1. The van der Waals surface area contributed by atoms with Gasteiger partial charge in [-0.15, -0.1) is 0 Å². The van der Waals surface area contributed by atoms with Gasteiger partial charge in [-0.25, -0.2) is 4.98 Å². The Balaban J connectivity index is 1.65. The van der Waals surface area contributed by atoms with Gasteiger partial charge in [-0.2, -0.15) is 0 Å². The number of hydrogen-bond donors (Lipinski definition) is 1. The van der Waals surface area contributed by atoms with Crippen LogP contribution in [0.15, 0.2) is 48.8 Å². The van der Waals surface area contributed by atoms with Crippen molar-refractivity contribution in [3.05, 3.63) is 65.6 Å². The second-order valence-electron chi connectivity index (χ2n) is 6.03. The quantitative estimate of drug-likeness (QED) is 0.783. The van der Waals surface area contributed by atoms with Gasteiger partial charge < -0.3 is 14.5 Å². The molecule has 0 saturated heterocycles. The summed E-state index contributed by atoms with van der Waals surface area (Å²) in [5.74, 6) is 0.636. The molecule has 2 heterocycles. The molecule has 1 aromatic carbocycles. The number of amides is 1. The number of carbonyl (C=O) groups excluding carboxylic acids is 1. The summed E-state index contributed by atoms with van der Waals surface area (Å²) in [6.45, 7) is 6.35. The van der Waals surface area contributed by atoms with Crippen LogP contribution >= 0.6 is 0 Å². The van der Waals surface area contributed by atoms with Crippen LogP contribution in [0.5, 0.6) is 5.75 Å². The minimum Gasteiger partial charge on any atom is -0.491 e. The Morgan fingerprint density at radius 1 is 1.25 bits per heavy atom. The Morgan fingerprint density at radius 2 is 2.00 bits per heavy atom.